The van der Waals surface area contributed by atoms with Crippen LogP contribution in [0.3, 0.4) is 0 Å². The number of halogens is 3. The minimum Gasteiger partial charge on any atom is -0.373 e. The third-order valence-electron chi connectivity index (χ3n) is 4.48. The van der Waals surface area contributed by atoms with E-state index in [0.29, 0.717) is 19.8 Å². The molecule has 0 unspecified atom stereocenters. The van der Waals surface area contributed by atoms with Gasteiger partial charge in [0, 0.05) is 30.9 Å². The fourth-order valence-electron chi connectivity index (χ4n) is 2.99. The van der Waals surface area contributed by atoms with Crippen molar-refractivity contribution in [3.63, 3.8) is 0 Å². The van der Waals surface area contributed by atoms with Gasteiger partial charge in [0.15, 0.2) is 0 Å². The monoisotopic (exact) mass is 347 g/mol. The SMILES string of the molecule is CC(C)(C)n1nccc1C1CCN(C(=O)[C@@](C)(O)C(F)(F)F)CC1. The summed E-state index contributed by atoms with van der Waals surface area (Å²) in [6.07, 6.45) is -2.18. The number of hydrogen-bond donors (Lipinski definition) is 1. The first kappa shape index (κ1) is 18.8. The molecule has 2 heterocycles. The molecular formula is C16H24F3N3O2. The Morgan fingerprint density at radius 2 is 1.75 bits per heavy atom. The molecule has 136 valence electrons. The van der Waals surface area contributed by atoms with Gasteiger partial charge in [-0.15, -0.1) is 0 Å². The van der Waals surface area contributed by atoms with Crippen LogP contribution in [0, 0.1) is 0 Å². The molecule has 1 aliphatic rings. The van der Waals surface area contributed by atoms with Crippen LogP contribution in [-0.2, 0) is 10.3 Å². The Morgan fingerprint density at radius 1 is 1.21 bits per heavy atom. The Kier molecular flexibility index (Phi) is 4.74. The van der Waals surface area contributed by atoms with Crippen molar-refractivity contribution >= 4 is 5.91 Å². The average Bonchev–Trinajstić information content (AvgIpc) is 2.95. The van der Waals surface area contributed by atoms with Crippen molar-refractivity contribution in [3.05, 3.63) is 18.0 Å². The van der Waals surface area contributed by atoms with E-state index in [9.17, 15) is 23.1 Å². The van der Waals surface area contributed by atoms with Crippen molar-refractivity contribution in [2.24, 2.45) is 0 Å². The van der Waals surface area contributed by atoms with Crippen LogP contribution in [-0.4, -0.2) is 50.6 Å². The van der Waals surface area contributed by atoms with E-state index in [2.05, 4.69) is 5.10 Å². The van der Waals surface area contributed by atoms with E-state index in [1.807, 2.05) is 31.5 Å². The maximum Gasteiger partial charge on any atom is 0.426 e. The zero-order valence-corrected chi connectivity index (χ0v) is 14.4. The fraction of sp³-hybridized carbons (Fsp3) is 0.750. The highest BCUT2D eigenvalue weighted by Crippen LogP contribution is 2.35. The molecule has 1 saturated heterocycles. The summed E-state index contributed by atoms with van der Waals surface area (Å²) in [6.45, 7) is 6.97. The summed E-state index contributed by atoms with van der Waals surface area (Å²) >= 11 is 0. The third kappa shape index (κ3) is 3.43. The quantitative estimate of drug-likeness (QED) is 0.895. The number of likely N-dealkylation sites (tertiary alicyclic amines) is 1. The Morgan fingerprint density at radius 3 is 2.21 bits per heavy atom. The van der Waals surface area contributed by atoms with Crippen LogP contribution < -0.4 is 0 Å². The minimum absolute atomic E-state index is 0.131. The second-order valence-electron chi connectivity index (χ2n) is 7.48. The first-order valence-electron chi connectivity index (χ1n) is 7.98. The lowest BCUT2D eigenvalue weighted by Gasteiger charge is -2.37. The number of alkyl halides is 3. The molecule has 0 saturated carbocycles. The molecular weight excluding hydrogens is 323 g/mol. The molecule has 2 rings (SSSR count). The number of carbonyl (C=O) groups is 1. The molecule has 1 aliphatic heterocycles. The average molecular weight is 347 g/mol. The van der Waals surface area contributed by atoms with E-state index in [0.717, 1.165) is 10.6 Å². The van der Waals surface area contributed by atoms with Gasteiger partial charge in [-0.05, 0) is 46.6 Å². The third-order valence-corrected chi connectivity index (χ3v) is 4.48. The first-order chi connectivity index (χ1) is 10.9. The van der Waals surface area contributed by atoms with Gasteiger partial charge in [0.05, 0.1) is 5.54 Å². The molecule has 24 heavy (non-hydrogen) atoms. The highest BCUT2D eigenvalue weighted by molar-refractivity contribution is 5.85. The summed E-state index contributed by atoms with van der Waals surface area (Å²) in [4.78, 5) is 13.1. The molecule has 0 spiro atoms. The molecule has 1 amide bonds. The zero-order chi connectivity index (χ0) is 18.3. The van der Waals surface area contributed by atoms with Gasteiger partial charge in [0.1, 0.15) is 0 Å². The van der Waals surface area contributed by atoms with Crippen LogP contribution in [0.5, 0.6) is 0 Å². The van der Waals surface area contributed by atoms with E-state index in [4.69, 9.17) is 0 Å². The van der Waals surface area contributed by atoms with Gasteiger partial charge in [0.25, 0.3) is 5.91 Å². The molecule has 8 heteroatoms. The van der Waals surface area contributed by atoms with Crippen molar-refractivity contribution < 1.29 is 23.1 Å². The minimum atomic E-state index is -4.98. The van der Waals surface area contributed by atoms with Crippen LogP contribution in [0.1, 0.15) is 52.1 Å². The lowest BCUT2D eigenvalue weighted by Crippen LogP contribution is -2.57. The largest absolute Gasteiger partial charge is 0.426 e. The van der Waals surface area contributed by atoms with E-state index < -0.39 is 17.7 Å². The number of carbonyl (C=O) groups excluding carboxylic acids is 1. The first-order valence-corrected chi connectivity index (χ1v) is 7.98. The van der Waals surface area contributed by atoms with Crippen LogP contribution in [0.4, 0.5) is 13.2 Å². The van der Waals surface area contributed by atoms with Crippen molar-refractivity contribution in [2.45, 2.75) is 63.8 Å². The molecule has 1 aromatic rings. The van der Waals surface area contributed by atoms with Gasteiger partial charge in [-0.3, -0.25) is 9.48 Å². The van der Waals surface area contributed by atoms with Crippen molar-refractivity contribution in [1.82, 2.24) is 14.7 Å². The van der Waals surface area contributed by atoms with Gasteiger partial charge in [-0.25, -0.2) is 0 Å². The summed E-state index contributed by atoms with van der Waals surface area (Å²) in [6, 6.07) is 1.92. The normalized spacial score (nSPS) is 20.1. The summed E-state index contributed by atoms with van der Waals surface area (Å²) < 4.78 is 40.4. The van der Waals surface area contributed by atoms with Crippen molar-refractivity contribution in [1.29, 1.82) is 0 Å². The van der Waals surface area contributed by atoms with Crippen LogP contribution >= 0.6 is 0 Å². The number of hydrogen-bond acceptors (Lipinski definition) is 3. The van der Waals surface area contributed by atoms with Crippen LogP contribution in [0.25, 0.3) is 0 Å². The number of aromatic nitrogens is 2. The van der Waals surface area contributed by atoms with Gasteiger partial charge >= 0.3 is 6.18 Å². The molecule has 0 aromatic carbocycles. The van der Waals surface area contributed by atoms with Gasteiger partial charge in [-0.1, -0.05) is 0 Å². The molecule has 5 nitrogen and oxygen atoms in total. The summed E-state index contributed by atoms with van der Waals surface area (Å²) in [5.74, 6) is -1.15. The highest BCUT2D eigenvalue weighted by atomic mass is 19.4. The number of rotatable bonds is 2. The second-order valence-corrected chi connectivity index (χ2v) is 7.48. The highest BCUT2D eigenvalue weighted by Gasteiger charge is 2.57. The van der Waals surface area contributed by atoms with Crippen molar-refractivity contribution in [2.75, 3.05) is 13.1 Å². The van der Waals surface area contributed by atoms with Crippen LogP contribution in [0.2, 0.25) is 0 Å². The standard InChI is InChI=1S/C16H24F3N3O2/c1-14(2,3)22-12(5-8-20-22)11-6-9-21(10-7-11)13(23)15(4,24)16(17,18)19/h5,8,11,24H,6-7,9-10H2,1-4H3/t15-/m1/s1. The summed E-state index contributed by atoms with van der Waals surface area (Å²) in [7, 11) is 0. The van der Waals surface area contributed by atoms with Crippen LogP contribution in [0.15, 0.2) is 12.3 Å². The van der Waals surface area contributed by atoms with Gasteiger partial charge in [0.2, 0.25) is 5.60 Å². The topological polar surface area (TPSA) is 58.4 Å². The predicted molar refractivity (Wildman–Crippen MR) is 82.5 cm³/mol. The second kappa shape index (κ2) is 6.06. The van der Waals surface area contributed by atoms with Gasteiger partial charge < -0.3 is 10.0 Å². The number of aliphatic hydroxyl groups is 1. The maximum absolute atomic E-state index is 12.8. The number of piperidine rings is 1. The molecule has 0 aliphatic carbocycles. The lowest BCUT2D eigenvalue weighted by molar-refractivity contribution is -0.250. The molecule has 1 aromatic heterocycles. The van der Waals surface area contributed by atoms with E-state index in [1.165, 1.54) is 0 Å². The Hall–Kier alpha value is -1.57. The number of amides is 1. The molecule has 1 N–H and O–H groups in total. The molecule has 1 atom stereocenters. The van der Waals surface area contributed by atoms with E-state index in [-0.39, 0.29) is 24.5 Å². The summed E-state index contributed by atoms with van der Waals surface area (Å²) in [5.41, 5.74) is -2.50. The Bertz CT molecular complexity index is 594. The van der Waals surface area contributed by atoms with E-state index in [1.54, 1.807) is 6.20 Å². The van der Waals surface area contributed by atoms with E-state index >= 15 is 0 Å². The molecule has 0 bridgehead atoms. The lowest BCUT2D eigenvalue weighted by atomic mass is 9.91. The van der Waals surface area contributed by atoms with Crippen molar-refractivity contribution in [3.8, 4) is 0 Å². The van der Waals surface area contributed by atoms with Gasteiger partial charge in [-0.2, -0.15) is 18.3 Å². The molecule has 1 fully saturated rings. The fourth-order valence-corrected chi connectivity index (χ4v) is 2.99. The zero-order valence-electron chi connectivity index (χ0n) is 14.4. The summed E-state index contributed by atoms with van der Waals surface area (Å²) in [5, 5.41) is 13.9. The predicted octanol–water partition coefficient (Wildman–Crippen LogP) is 2.66. The number of nitrogens with zero attached hydrogens (tertiary/aromatic N) is 3. The Labute approximate surface area is 139 Å². The Balaban J connectivity index is 2.07. The molecule has 0 radical (unpaired) electrons. The smallest absolute Gasteiger partial charge is 0.373 e. The maximum atomic E-state index is 12.8.